The Morgan fingerprint density at radius 3 is 2.31 bits per heavy atom. The van der Waals surface area contributed by atoms with Crippen LogP contribution in [0.15, 0.2) is 72.8 Å². The molecule has 1 saturated heterocycles. The van der Waals surface area contributed by atoms with Gasteiger partial charge < -0.3 is 15.4 Å². The molecule has 1 heterocycles. The SMILES string of the molecule is CCCCC1CC(NC(=O)Nc2ccccc2C(=O)Cl)CCN1Cc1ccc(Oc2ccc(NS(C)(=O)=O)cc2)cc1. The Balaban J connectivity index is 1.32. The number of carbonyl (C=O) groups is 2. The Kier molecular flexibility index (Phi) is 10.8. The Bertz CT molecular complexity index is 1470. The molecule has 2 atom stereocenters. The maximum Gasteiger partial charge on any atom is 0.319 e. The third-order valence-electron chi connectivity index (χ3n) is 7.15. The van der Waals surface area contributed by atoms with Crippen LogP contribution in [0, 0.1) is 0 Å². The van der Waals surface area contributed by atoms with Crippen molar-refractivity contribution in [1.82, 2.24) is 10.2 Å². The summed E-state index contributed by atoms with van der Waals surface area (Å²) in [5, 5.41) is 5.25. The third-order valence-corrected chi connectivity index (χ3v) is 7.96. The number of para-hydroxylation sites is 1. The van der Waals surface area contributed by atoms with Crippen LogP contribution in [-0.2, 0) is 16.6 Å². The van der Waals surface area contributed by atoms with Crippen LogP contribution in [0.25, 0.3) is 0 Å². The average molecular weight is 613 g/mol. The smallest absolute Gasteiger partial charge is 0.319 e. The van der Waals surface area contributed by atoms with Crippen LogP contribution < -0.4 is 20.1 Å². The number of carbonyl (C=O) groups excluding carboxylic acids is 2. The lowest BCUT2D eigenvalue weighted by Crippen LogP contribution is -2.50. The van der Waals surface area contributed by atoms with Crippen molar-refractivity contribution in [2.24, 2.45) is 0 Å². The second-order valence-corrected chi connectivity index (χ2v) is 12.6. The summed E-state index contributed by atoms with van der Waals surface area (Å²) >= 11 is 5.66. The molecule has 3 aromatic carbocycles. The molecular weight excluding hydrogens is 576 g/mol. The number of rotatable bonds is 12. The quantitative estimate of drug-likeness (QED) is 0.199. The fraction of sp³-hybridized carbons (Fsp3) is 0.355. The van der Waals surface area contributed by atoms with Crippen molar-refractivity contribution in [2.45, 2.75) is 57.7 Å². The zero-order valence-electron chi connectivity index (χ0n) is 23.8. The van der Waals surface area contributed by atoms with Gasteiger partial charge in [0.2, 0.25) is 10.0 Å². The Labute approximate surface area is 252 Å². The normalized spacial score (nSPS) is 17.3. The highest BCUT2D eigenvalue weighted by molar-refractivity contribution is 7.92. The van der Waals surface area contributed by atoms with Crippen LogP contribution in [-0.4, -0.2) is 49.5 Å². The molecule has 0 aliphatic carbocycles. The minimum Gasteiger partial charge on any atom is -0.457 e. The number of hydrogen-bond donors (Lipinski definition) is 3. The predicted molar refractivity (Wildman–Crippen MR) is 167 cm³/mol. The van der Waals surface area contributed by atoms with E-state index >= 15 is 0 Å². The minimum absolute atomic E-state index is 0.0248. The van der Waals surface area contributed by atoms with Gasteiger partial charge in [-0.3, -0.25) is 14.4 Å². The number of unbranched alkanes of at least 4 members (excludes halogenated alkanes) is 1. The first kappa shape index (κ1) is 31.3. The average Bonchev–Trinajstić information content (AvgIpc) is 2.94. The van der Waals surface area contributed by atoms with Crippen molar-refractivity contribution < 1.29 is 22.7 Å². The van der Waals surface area contributed by atoms with Gasteiger partial charge in [0.15, 0.2) is 0 Å². The molecule has 224 valence electrons. The summed E-state index contributed by atoms with van der Waals surface area (Å²) in [7, 11) is -3.33. The Morgan fingerprint density at radius 2 is 1.67 bits per heavy atom. The first-order chi connectivity index (χ1) is 20.1. The van der Waals surface area contributed by atoms with Gasteiger partial charge in [0, 0.05) is 30.9 Å². The molecule has 11 heteroatoms. The number of ether oxygens (including phenoxy) is 1. The van der Waals surface area contributed by atoms with E-state index in [9.17, 15) is 18.0 Å². The second kappa shape index (κ2) is 14.5. The van der Waals surface area contributed by atoms with Gasteiger partial charge in [-0.2, -0.15) is 0 Å². The number of benzene rings is 3. The molecule has 0 radical (unpaired) electrons. The van der Waals surface area contributed by atoms with E-state index in [-0.39, 0.29) is 17.6 Å². The standard InChI is InChI=1S/C31H37ClN4O5S/c1-3-4-7-25-20-24(33-31(38)34-29-9-6-5-8-28(29)30(32)37)18-19-36(25)21-22-10-14-26(15-11-22)41-27-16-12-23(13-17-27)35-42(2,39)40/h5-6,8-17,24-25,35H,3-4,7,18-21H2,1-2H3,(H2,33,34,38). The van der Waals surface area contributed by atoms with Gasteiger partial charge in [-0.15, -0.1) is 0 Å². The number of nitrogens with one attached hydrogen (secondary N) is 3. The summed E-state index contributed by atoms with van der Waals surface area (Å²) in [4.78, 5) is 26.9. The molecule has 9 nitrogen and oxygen atoms in total. The monoisotopic (exact) mass is 612 g/mol. The number of sulfonamides is 1. The first-order valence-electron chi connectivity index (χ1n) is 14.0. The predicted octanol–water partition coefficient (Wildman–Crippen LogP) is 6.57. The number of likely N-dealkylation sites (tertiary alicyclic amines) is 1. The summed E-state index contributed by atoms with van der Waals surface area (Å²) in [6, 6.07) is 21.4. The van der Waals surface area contributed by atoms with Gasteiger partial charge >= 0.3 is 6.03 Å². The van der Waals surface area contributed by atoms with Crippen molar-refractivity contribution in [3.05, 3.63) is 83.9 Å². The van der Waals surface area contributed by atoms with Crippen LogP contribution in [0.5, 0.6) is 11.5 Å². The second-order valence-electron chi connectivity index (χ2n) is 10.6. The molecule has 1 aliphatic rings. The summed E-state index contributed by atoms with van der Waals surface area (Å²) in [5.74, 6) is 1.30. The number of nitrogens with zero attached hydrogens (tertiary/aromatic N) is 1. The molecule has 0 saturated carbocycles. The maximum atomic E-state index is 12.8. The van der Waals surface area contributed by atoms with E-state index in [1.165, 1.54) is 5.56 Å². The van der Waals surface area contributed by atoms with Gasteiger partial charge in [0.1, 0.15) is 11.5 Å². The molecule has 2 amide bonds. The van der Waals surface area contributed by atoms with Gasteiger partial charge in [0.05, 0.1) is 17.5 Å². The van der Waals surface area contributed by atoms with E-state index in [1.807, 2.05) is 12.1 Å². The largest absolute Gasteiger partial charge is 0.457 e. The van der Waals surface area contributed by atoms with Crippen molar-refractivity contribution in [3.63, 3.8) is 0 Å². The molecule has 42 heavy (non-hydrogen) atoms. The maximum absolute atomic E-state index is 12.8. The number of piperidine rings is 1. The molecule has 3 aromatic rings. The lowest BCUT2D eigenvalue weighted by Gasteiger charge is -2.40. The number of hydrogen-bond acceptors (Lipinski definition) is 6. The molecule has 2 unspecified atom stereocenters. The molecule has 1 aliphatic heterocycles. The number of anilines is 2. The van der Waals surface area contributed by atoms with E-state index in [4.69, 9.17) is 16.3 Å². The number of urea groups is 1. The van der Waals surface area contributed by atoms with Gasteiger partial charge in [-0.05, 0) is 85.0 Å². The molecular formula is C31H37ClN4O5S. The lowest BCUT2D eigenvalue weighted by atomic mass is 9.93. The van der Waals surface area contributed by atoms with Gasteiger partial charge in [0.25, 0.3) is 5.24 Å². The highest BCUT2D eigenvalue weighted by Gasteiger charge is 2.29. The zero-order chi connectivity index (χ0) is 30.1. The summed E-state index contributed by atoms with van der Waals surface area (Å²) < 4.78 is 31.2. The van der Waals surface area contributed by atoms with E-state index in [0.29, 0.717) is 28.9 Å². The van der Waals surface area contributed by atoms with E-state index < -0.39 is 15.3 Å². The Hall–Kier alpha value is -3.60. The zero-order valence-corrected chi connectivity index (χ0v) is 25.4. The van der Waals surface area contributed by atoms with Crippen LogP contribution in [0.2, 0.25) is 0 Å². The molecule has 0 spiro atoms. The lowest BCUT2D eigenvalue weighted by molar-refractivity contribution is 0.108. The molecule has 0 aromatic heterocycles. The number of halogens is 1. The van der Waals surface area contributed by atoms with E-state index in [1.54, 1.807) is 48.5 Å². The van der Waals surface area contributed by atoms with Crippen molar-refractivity contribution in [2.75, 3.05) is 22.8 Å². The third kappa shape index (κ3) is 9.47. The van der Waals surface area contributed by atoms with Crippen LogP contribution in [0.3, 0.4) is 0 Å². The first-order valence-corrected chi connectivity index (χ1v) is 16.3. The van der Waals surface area contributed by atoms with Crippen LogP contribution in [0.1, 0.15) is 54.9 Å². The fourth-order valence-electron chi connectivity index (χ4n) is 5.12. The van der Waals surface area contributed by atoms with E-state index in [0.717, 1.165) is 51.4 Å². The Morgan fingerprint density at radius 1 is 1.00 bits per heavy atom. The van der Waals surface area contributed by atoms with E-state index in [2.05, 4.69) is 39.3 Å². The van der Waals surface area contributed by atoms with Crippen molar-refractivity contribution in [1.29, 1.82) is 0 Å². The van der Waals surface area contributed by atoms with Gasteiger partial charge in [-0.1, -0.05) is 44.0 Å². The minimum atomic E-state index is -3.33. The topological polar surface area (TPSA) is 117 Å². The van der Waals surface area contributed by atoms with Crippen molar-refractivity contribution >= 4 is 44.3 Å². The van der Waals surface area contributed by atoms with Crippen LogP contribution in [0.4, 0.5) is 16.2 Å². The van der Waals surface area contributed by atoms with Crippen molar-refractivity contribution in [3.8, 4) is 11.5 Å². The number of amides is 2. The molecule has 3 N–H and O–H groups in total. The molecule has 4 rings (SSSR count). The van der Waals surface area contributed by atoms with Gasteiger partial charge in [-0.25, -0.2) is 13.2 Å². The highest BCUT2D eigenvalue weighted by Crippen LogP contribution is 2.27. The summed E-state index contributed by atoms with van der Waals surface area (Å²) in [5.41, 5.74) is 2.30. The highest BCUT2D eigenvalue weighted by atomic mass is 35.5. The fourth-order valence-corrected chi connectivity index (χ4v) is 5.85. The van der Waals surface area contributed by atoms with Crippen LogP contribution >= 0.6 is 11.6 Å². The molecule has 0 bridgehead atoms. The summed E-state index contributed by atoms with van der Waals surface area (Å²) in [6.45, 7) is 3.83. The molecule has 1 fully saturated rings. The summed E-state index contributed by atoms with van der Waals surface area (Å²) in [6.07, 6.45) is 6.02.